The topological polar surface area (TPSA) is 49.9 Å². The number of ether oxygens (including phenoxy) is 1. The van der Waals surface area contributed by atoms with E-state index in [1.807, 2.05) is 30.3 Å². The third-order valence-corrected chi connectivity index (χ3v) is 4.55. The molecule has 0 radical (unpaired) electrons. The Morgan fingerprint density at radius 2 is 1.92 bits per heavy atom. The molecule has 5 nitrogen and oxygen atoms in total. The van der Waals surface area contributed by atoms with Crippen molar-refractivity contribution in [3.8, 4) is 0 Å². The SMILES string of the molecule is CCN(CC)CCCCC(=O)N1C(=O)OCC1Cc1ccccc1. The summed E-state index contributed by atoms with van der Waals surface area (Å²) in [6, 6.07) is 9.72. The second-order valence-electron chi connectivity index (χ2n) is 6.17. The maximum Gasteiger partial charge on any atom is 0.416 e. The number of nitrogens with zero attached hydrogens (tertiary/aromatic N) is 2. The molecule has 1 aliphatic heterocycles. The standard InChI is InChI=1S/C19H28N2O3/c1-3-20(4-2)13-9-8-12-18(22)21-17(15-24-19(21)23)14-16-10-6-5-7-11-16/h5-7,10-11,17H,3-4,8-9,12-15H2,1-2H3. The van der Waals surface area contributed by atoms with Crippen molar-refractivity contribution in [2.75, 3.05) is 26.2 Å². The van der Waals surface area contributed by atoms with Crippen LogP contribution in [0.1, 0.15) is 38.7 Å². The van der Waals surface area contributed by atoms with Crippen LogP contribution in [0.15, 0.2) is 30.3 Å². The lowest BCUT2D eigenvalue weighted by Crippen LogP contribution is -2.40. The van der Waals surface area contributed by atoms with E-state index < -0.39 is 6.09 Å². The highest BCUT2D eigenvalue weighted by molar-refractivity contribution is 5.93. The lowest BCUT2D eigenvalue weighted by atomic mass is 10.1. The first-order valence-corrected chi connectivity index (χ1v) is 8.90. The van der Waals surface area contributed by atoms with Crippen LogP contribution in [0, 0.1) is 0 Å². The first kappa shape index (κ1) is 18.5. The summed E-state index contributed by atoms with van der Waals surface area (Å²) in [4.78, 5) is 28.0. The normalized spacial score (nSPS) is 17.4. The molecule has 0 aromatic heterocycles. The summed E-state index contributed by atoms with van der Waals surface area (Å²) in [5, 5.41) is 0. The minimum Gasteiger partial charge on any atom is -0.447 e. The van der Waals surface area contributed by atoms with Gasteiger partial charge in [-0.25, -0.2) is 9.69 Å². The van der Waals surface area contributed by atoms with E-state index in [1.165, 1.54) is 4.90 Å². The highest BCUT2D eigenvalue weighted by Gasteiger charge is 2.37. The highest BCUT2D eigenvalue weighted by Crippen LogP contribution is 2.19. The second kappa shape index (κ2) is 9.42. The van der Waals surface area contributed by atoms with Crippen LogP contribution in [0.2, 0.25) is 0 Å². The van der Waals surface area contributed by atoms with Gasteiger partial charge in [-0.2, -0.15) is 0 Å². The van der Waals surface area contributed by atoms with Crippen molar-refractivity contribution in [3.05, 3.63) is 35.9 Å². The van der Waals surface area contributed by atoms with Crippen LogP contribution in [-0.2, 0) is 16.0 Å². The molecule has 2 rings (SSSR count). The van der Waals surface area contributed by atoms with Crippen LogP contribution >= 0.6 is 0 Å². The fraction of sp³-hybridized carbons (Fsp3) is 0.579. The number of imide groups is 1. The Morgan fingerprint density at radius 1 is 1.21 bits per heavy atom. The van der Waals surface area contributed by atoms with Gasteiger partial charge in [-0.1, -0.05) is 44.2 Å². The Morgan fingerprint density at radius 3 is 2.58 bits per heavy atom. The van der Waals surface area contributed by atoms with Gasteiger partial charge in [-0.15, -0.1) is 0 Å². The lowest BCUT2D eigenvalue weighted by molar-refractivity contribution is -0.129. The van der Waals surface area contributed by atoms with E-state index in [-0.39, 0.29) is 11.9 Å². The average molecular weight is 332 g/mol. The summed E-state index contributed by atoms with van der Waals surface area (Å²) in [6.07, 6.45) is 2.33. The Bertz CT molecular complexity index is 529. The van der Waals surface area contributed by atoms with Crippen molar-refractivity contribution < 1.29 is 14.3 Å². The molecule has 1 aromatic carbocycles. The van der Waals surface area contributed by atoms with Crippen molar-refractivity contribution in [2.24, 2.45) is 0 Å². The molecule has 0 saturated carbocycles. The molecule has 1 aromatic rings. The quantitative estimate of drug-likeness (QED) is 0.652. The monoisotopic (exact) mass is 332 g/mol. The molecule has 0 spiro atoms. The molecular weight excluding hydrogens is 304 g/mol. The van der Waals surface area contributed by atoms with E-state index in [9.17, 15) is 9.59 Å². The molecule has 1 atom stereocenters. The van der Waals surface area contributed by atoms with E-state index in [4.69, 9.17) is 4.74 Å². The van der Waals surface area contributed by atoms with E-state index in [2.05, 4.69) is 18.7 Å². The van der Waals surface area contributed by atoms with Gasteiger partial charge in [0.1, 0.15) is 6.61 Å². The molecule has 24 heavy (non-hydrogen) atoms. The molecule has 5 heteroatoms. The van der Waals surface area contributed by atoms with Gasteiger partial charge in [0, 0.05) is 6.42 Å². The largest absolute Gasteiger partial charge is 0.447 e. The molecule has 0 N–H and O–H groups in total. The van der Waals surface area contributed by atoms with Crippen molar-refractivity contribution in [3.63, 3.8) is 0 Å². The fourth-order valence-corrected chi connectivity index (χ4v) is 3.07. The molecule has 0 aliphatic carbocycles. The third kappa shape index (κ3) is 5.06. The lowest BCUT2D eigenvalue weighted by Gasteiger charge is -2.20. The molecule has 1 aliphatic rings. The Balaban J connectivity index is 1.83. The van der Waals surface area contributed by atoms with Gasteiger partial charge < -0.3 is 9.64 Å². The smallest absolute Gasteiger partial charge is 0.416 e. The van der Waals surface area contributed by atoms with Crippen LogP contribution < -0.4 is 0 Å². The van der Waals surface area contributed by atoms with E-state index in [0.717, 1.165) is 38.0 Å². The predicted octanol–water partition coefficient (Wildman–Crippen LogP) is 3.09. The van der Waals surface area contributed by atoms with Gasteiger partial charge in [-0.3, -0.25) is 4.79 Å². The summed E-state index contributed by atoms with van der Waals surface area (Å²) >= 11 is 0. The van der Waals surface area contributed by atoms with Crippen molar-refractivity contribution in [1.29, 1.82) is 0 Å². The van der Waals surface area contributed by atoms with Crippen molar-refractivity contribution >= 4 is 12.0 Å². The maximum absolute atomic E-state index is 12.5. The summed E-state index contributed by atoms with van der Waals surface area (Å²) in [5.41, 5.74) is 1.11. The van der Waals surface area contributed by atoms with E-state index >= 15 is 0 Å². The number of rotatable bonds is 9. The number of amides is 2. The fourth-order valence-electron chi connectivity index (χ4n) is 3.07. The van der Waals surface area contributed by atoms with Gasteiger partial charge in [0.25, 0.3) is 0 Å². The zero-order chi connectivity index (χ0) is 17.4. The number of benzene rings is 1. The zero-order valence-corrected chi connectivity index (χ0v) is 14.7. The van der Waals surface area contributed by atoms with Gasteiger partial charge in [-0.05, 0) is 44.5 Å². The van der Waals surface area contributed by atoms with Crippen LogP contribution in [0.4, 0.5) is 4.79 Å². The minimum atomic E-state index is -0.496. The summed E-state index contributed by atoms with van der Waals surface area (Å²) in [7, 11) is 0. The molecule has 2 amide bonds. The van der Waals surface area contributed by atoms with Gasteiger partial charge in [0.05, 0.1) is 6.04 Å². The van der Waals surface area contributed by atoms with Crippen LogP contribution in [0.5, 0.6) is 0 Å². The molecule has 1 saturated heterocycles. The number of cyclic esters (lactones) is 1. The maximum atomic E-state index is 12.5. The van der Waals surface area contributed by atoms with Gasteiger partial charge in [0.15, 0.2) is 0 Å². The first-order valence-electron chi connectivity index (χ1n) is 8.90. The minimum absolute atomic E-state index is 0.113. The molecule has 0 bridgehead atoms. The Hall–Kier alpha value is -1.88. The summed E-state index contributed by atoms with van der Waals surface area (Å²) in [5.74, 6) is -0.113. The molecular formula is C19H28N2O3. The Kier molecular flexibility index (Phi) is 7.25. The highest BCUT2D eigenvalue weighted by atomic mass is 16.6. The zero-order valence-electron chi connectivity index (χ0n) is 14.7. The Labute approximate surface area is 144 Å². The van der Waals surface area contributed by atoms with Crippen LogP contribution in [0.25, 0.3) is 0 Å². The van der Waals surface area contributed by atoms with Crippen LogP contribution in [0.3, 0.4) is 0 Å². The summed E-state index contributed by atoms with van der Waals surface area (Å²) < 4.78 is 5.11. The van der Waals surface area contributed by atoms with Crippen molar-refractivity contribution in [2.45, 2.75) is 45.6 Å². The molecule has 1 unspecified atom stereocenters. The summed E-state index contributed by atoms with van der Waals surface area (Å²) in [6.45, 7) is 7.63. The average Bonchev–Trinajstić information content (AvgIpc) is 2.96. The first-order chi connectivity index (χ1) is 11.7. The number of carbonyl (C=O) groups is 2. The molecule has 1 heterocycles. The third-order valence-electron chi connectivity index (χ3n) is 4.55. The predicted molar refractivity (Wildman–Crippen MR) is 93.8 cm³/mol. The van der Waals surface area contributed by atoms with Crippen LogP contribution in [-0.4, -0.2) is 54.1 Å². The molecule has 132 valence electrons. The second-order valence-corrected chi connectivity index (χ2v) is 6.17. The number of hydrogen-bond donors (Lipinski definition) is 0. The van der Waals surface area contributed by atoms with Crippen molar-refractivity contribution in [1.82, 2.24) is 9.80 Å². The van der Waals surface area contributed by atoms with E-state index in [0.29, 0.717) is 19.4 Å². The van der Waals surface area contributed by atoms with E-state index in [1.54, 1.807) is 0 Å². The number of carbonyl (C=O) groups excluding carboxylic acids is 2. The number of unbranched alkanes of at least 4 members (excludes halogenated alkanes) is 1. The number of hydrogen-bond acceptors (Lipinski definition) is 4. The molecule has 1 fully saturated rings. The van der Waals surface area contributed by atoms with Gasteiger partial charge in [0.2, 0.25) is 5.91 Å². The van der Waals surface area contributed by atoms with Gasteiger partial charge >= 0.3 is 6.09 Å².